The second-order valence-electron chi connectivity index (χ2n) is 4.00. The number of nitrogens with zero attached hydrogens (tertiary/aromatic N) is 3. The van der Waals surface area contributed by atoms with Gasteiger partial charge in [0.2, 0.25) is 5.95 Å². The molecule has 2 heterocycles. The van der Waals surface area contributed by atoms with Gasteiger partial charge >= 0.3 is 0 Å². The first kappa shape index (κ1) is 13.0. The smallest absolute Gasteiger partial charge is 0.202 e. The van der Waals surface area contributed by atoms with E-state index in [1.54, 1.807) is 24.6 Å². The molecular formula is C12H18N4OS. The molecule has 0 atom stereocenters. The van der Waals surface area contributed by atoms with E-state index in [2.05, 4.69) is 25.2 Å². The standard InChI is InChI=1S/C12H18N4OS/c1-10-9-18-11(15-10)3-4-13-12-14-5-6-16(12)7-8-17-2/h5-6,9H,3-4,7-8H2,1-2H3,(H,13,14). The Kier molecular flexibility index (Phi) is 4.72. The highest BCUT2D eigenvalue weighted by molar-refractivity contribution is 7.09. The van der Waals surface area contributed by atoms with Crippen molar-refractivity contribution in [2.24, 2.45) is 0 Å². The Hall–Kier alpha value is -1.40. The Morgan fingerprint density at radius 2 is 2.39 bits per heavy atom. The van der Waals surface area contributed by atoms with Crippen LogP contribution in [0.3, 0.4) is 0 Å². The second kappa shape index (κ2) is 6.51. The highest BCUT2D eigenvalue weighted by Gasteiger charge is 2.03. The van der Waals surface area contributed by atoms with Crippen molar-refractivity contribution in [3.05, 3.63) is 28.5 Å². The third kappa shape index (κ3) is 3.54. The molecule has 0 radical (unpaired) electrons. The van der Waals surface area contributed by atoms with Gasteiger partial charge in [0.1, 0.15) is 0 Å². The molecule has 0 unspecified atom stereocenters. The van der Waals surface area contributed by atoms with E-state index >= 15 is 0 Å². The Morgan fingerprint density at radius 3 is 3.11 bits per heavy atom. The van der Waals surface area contributed by atoms with E-state index in [0.29, 0.717) is 6.61 Å². The first-order valence-electron chi connectivity index (χ1n) is 5.94. The molecule has 0 spiro atoms. The topological polar surface area (TPSA) is 52.0 Å². The average molecular weight is 266 g/mol. The molecule has 0 aliphatic rings. The summed E-state index contributed by atoms with van der Waals surface area (Å²) in [5, 5.41) is 6.56. The molecule has 0 amide bonds. The van der Waals surface area contributed by atoms with E-state index in [0.717, 1.165) is 36.2 Å². The number of aromatic nitrogens is 3. The number of imidazole rings is 1. The van der Waals surface area contributed by atoms with Gasteiger partial charge in [-0.3, -0.25) is 0 Å². The Labute approximate surface area is 111 Å². The molecular weight excluding hydrogens is 248 g/mol. The molecule has 18 heavy (non-hydrogen) atoms. The third-order valence-electron chi connectivity index (χ3n) is 2.54. The fourth-order valence-corrected chi connectivity index (χ4v) is 2.42. The summed E-state index contributed by atoms with van der Waals surface area (Å²) >= 11 is 1.71. The normalized spacial score (nSPS) is 10.8. The number of anilines is 1. The van der Waals surface area contributed by atoms with Crippen molar-refractivity contribution in [3.8, 4) is 0 Å². The van der Waals surface area contributed by atoms with Crippen LogP contribution in [-0.4, -0.2) is 34.8 Å². The van der Waals surface area contributed by atoms with Crippen LogP contribution in [0.15, 0.2) is 17.8 Å². The van der Waals surface area contributed by atoms with Gasteiger partial charge in [-0.05, 0) is 6.92 Å². The van der Waals surface area contributed by atoms with Crippen LogP contribution in [0.25, 0.3) is 0 Å². The van der Waals surface area contributed by atoms with E-state index < -0.39 is 0 Å². The first-order chi connectivity index (χ1) is 8.79. The van der Waals surface area contributed by atoms with Gasteiger partial charge in [-0.15, -0.1) is 11.3 Å². The van der Waals surface area contributed by atoms with Crippen LogP contribution >= 0.6 is 11.3 Å². The molecule has 2 aromatic rings. The van der Waals surface area contributed by atoms with Gasteiger partial charge in [0.25, 0.3) is 0 Å². The molecule has 0 aliphatic carbocycles. The number of thiazole rings is 1. The number of nitrogens with one attached hydrogen (secondary N) is 1. The average Bonchev–Trinajstić information content (AvgIpc) is 2.96. The number of hydrogen-bond acceptors (Lipinski definition) is 5. The molecule has 6 heteroatoms. The molecule has 0 aliphatic heterocycles. The summed E-state index contributed by atoms with van der Waals surface area (Å²) in [5.41, 5.74) is 1.09. The largest absolute Gasteiger partial charge is 0.383 e. The summed E-state index contributed by atoms with van der Waals surface area (Å²) in [6.45, 7) is 4.37. The number of hydrogen-bond donors (Lipinski definition) is 1. The number of methoxy groups -OCH3 is 1. The van der Waals surface area contributed by atoms with Crippen molar-refractivity contribution >= 4 is 17.3 Å². The van der Waals surface area contributed by atoms with Gasteiger partial charge in [-0.25, -0.2) is 9.97 Å². The van der Waals surface area contributed by atoms with Gasteiger partial charge in [-0.2, -0.15) is 0 Å². The van der Waals surface area contributed by atoms with Gasteiger partial charge in [0, 0.05) is 50.1 Å². The van der Waals surface area contributed by atoms with Crippen LogP contribution < -0.4 is 5.32 Å². The number of aryl methyl sites for hydroxylation is 1. The summed E-state index contributed by atoms with van der Waals surface area (Å²) in [4.78, 5) is 8.72. The highest BCUT2D eigenvalue weighted by Crippen LogP contribution is 2.10. The van der Waals surface area contributed by atoms with Crippen molar-refractivity contribution in [3.63, 3.8) is 0 Å². The summed E-state index contributed by atoms with van der Waals surface area (Å²) < 4.78 is 7.11. The summed E-state index contributed by atoms with van der Waals surface area (Å²) in [5.74, 6) is 0.889. The van der Waals surface area contributed by atoms with Crippen LogP contribution in [0.2, 0.25) is 0 Å². The monoisotopic (exact) mass is 266 g/mol. The van der Waals surface area contributed by atoms with Crippen LogP contribution in [-0.2, 0) is 17.7 Å². The van der Waals surface area contributed by atoms with E-state index in [9.17, 15) is 0 Å². The molecule has 0 saturated carbocycles. The molecule has 5 nitrogen and oxygen atoms in total. The van der Waals surface area contributed by atoms with Crippen molar-refractivity contribution in [2.75, 3.05) is 25.6 Å². The minimum absolute atomic E-state index is 0.691. The Balaban J connectivity index is 1.81. The molecule has 2 rings (SSSR count). The molecule has 1 N–H and O–H groups in total. The van der Waals surface area contributed by atoms with Crippen LogP contribution in [0.1, 0.15) is 10.7 Å². The maximum Gasteiger partial charge on any atom is 0.202 e. The Bertz CT molecular complexity index is 480. The van der Waals surface area contributed by atoms with Crippen LogP contribution in [0.4, 0.5) is 5.95 Å². The zero-order chi connectivity index (χ0) is 12.8. The molecule has 0 bridgehead atoms. The fraction of sp³-hybridized carbons (Fsp3) is 0.500. The van der Waals surface area contributed by atoms with Gasteiger partial charge in [0.05, 0.1) is 11.6 Å². The van der Waals surface area contributed by atoms with Gasteiger partial charge in [-0.1, -0.05) is 0 Å². The zero-order valence-corrected chi connectivity index (χ0v) is 11.5. The first-order valence-corrected chi connectivity index (χ1v) is 6.82. The lowest BCUT2D eigenvalue weighted by Gasteiger charge is -2.08. The molecule has 0 aromatic carbocycles. The predicted octanol–water partition coefficient (Wildman–Crippen LogP) is 1.95. The minimum atomic E-state index is 0.691. The second-order valence-corrected chi connectivity index (χ2v) is 4.94. The van der Waals surface area contributed by atoms with Gasteiger partial charge < -0.3 is 14.6 Å². The van der Waals surface area contributed by atoms with E-state index in [1.807, 2.05) is 13.1 Å². The SMILES string of the molecule is COCCn1ccnc1NCCc1nc(C)cs1. The Morgan fingerprint density at radius 1 is 1.50 bits per heavy atom. The van der Waals surface area contributed by atoms with Crippen molar-refractivity contribution in [2.45, 2.75) is 19.9 Å². The maximum atomic E-state index is 5.06. The van der Waals surface area contributed by atoms with Gasteiger partial charge in [0.15, 0.2) is 0 Å². The number of rotatable bonds is 7. The fourth-order valence-electron chi connectivity index (χ4n) is 1.65. The lowest BCUT2D eigenvalue weighted by molar-refractivity contribution is 0.187. The quantitative estimate of drug-likeness (QED) is 0.832. The van der Waals surface area contributed by atoms with E-state index in [1.165, 1.54) is 0 Å². The molecule has 0 fully saturated rings. The predicted molar refractivity (Wildman–Crippen MR) is 73.1 cm³/mol. The molecule has 98 valence electrons. The van der Waals surface area contributed by atoms with Crippen molar-refractivity contribution in [1.29, 1.82) is 0 Å². The number of ether oxygens (including phenoxy) is 1. The van der Waals surface area contributed by atoms with E-state index in [4.69, 9.17) is 4.74 Å². The minimum Gasteiger partial charge on any atom is -0.383 e. The van der Waals surface area contributed by atoms with Crippen molar-refractivity contribution in [1.82, 2.24) is 14.5 Å². The highest BCUT2D eigenvalue weighted by atomic mass is 32.1. The summed E-state index contributed by atoms with van der Waals surface area (Å²) in [7, 11) is 1.70. The third-order valence-corrected chi connectivity index (χ3v) is 3.57. The van der Waals surface area contributed by atoms with Crippen LogP contribution in [0.5, 0.6) is 0 Å². The van der Waals surface area contributed by atoms with Crippen LogP contribution in [0, 0.1) is 6.92 Å². The lowest BCUT2D eigenvalue weighted by atomic mass is 10.4. The summed E-state index contributed by atoms with van der Waals surface area (Å²) in [6, 6.07) is 0. The lowest BCUT2D eigenvalue weighted by Crippen LogP contribution is -2.12. The summed E-state index contributed by atoms with van der Waals surface area (Å²) in [6.07, 6.45) is 4.68. The molecule has 2 aromatic heterocycles. The molecule has 0 saturated heterocycles. The zero-order valence-electron chi connectivity index (χ0n) is 10.7. The maximum absolute atomic E-state index is 5.06. The van der Waals surface area contributed by atoms with Crippen molar-refractivity contribution < 1.29 is 4.74 Å². The van der Waals surface area contributed by atoms with E-state index in [-0.39, 0.29) is 0 Å².